The molecule has 1 atom stereocenters. The third kappa shape index (κ3) is 4.56. The lowest BCUT2D eigenvalue weighted by atomic mass is 10.0. The molecule has 0 spiro atoms. The molecule has 2 saturated heterocycles. The van der Waals surface area contributed by atoms with Gasteiger partial charge in [-0.2, -0.15) is 0 Å². The van der Waals surface area contributed by atoms with E-state index < -0.39 is 6.04 Å². The Morgan fingerprint density at radius 2 is 1.96 bits per heavy atom. The predicted octanol–water partition coefficient (Wildman–Crippen LogP) is 0.378. The number of piperazine rings is 1. The second kappa shape index (κ2) is 9.25. The highest BCUT2D eigenvalue weighted by Crippen LogP contribution is 2.32. The highest BCUT2D eigenvalue weighted by molar-refractivity contribution is 5.88. The number of nitrogens with one attached hydrogen (secondary N) is 1. The van der Waals surface area contributed by atoms with Crippen molar-refractivity contribution in [3.05, 3.63) is 23.8 Å². The fourth-order valence-corrected chi connectivity index (χ4v) is 3.88. The van der Waals surface area contributed by atoms with Gasteiger partial charge in [-0.05, 0) is 18.9 Å². The smallest absolute Gasteiger partial charge is 0.237 e. The van der Waals surface area contributed by atoms with E-state index >= 15 is 0 Å². The molecule has 0 saturated carbocycles. The van der Waals surface area contributed by atoms with Crippen LogP contribution in [0.25, 0.3) is 0 Å². The minimum Gasteiger partial charge on any atom is -0.493 e. The maximum Gasteiger partial charge on any atom is 0.237 e. The number of carbonyl (C=O) groups excluding carboxylic acids is 2. The highest BCUT2D eigenvalue weighted by Gasteiger charge is 2.34. The van der Waals surface area contributed by atoms with E-state index in [1.807, 2.05) is 23.1 Å². The number of hydrogen-bond acceptors (Lipinski definition) is 6. The molecule has 3 rings (SSSR count). The molecular weight excluding hydrogens is 362 g/mol. The van der Waals surface area contributed by atoms with Gasteiger partial charge in [0.05, 0.1) is 32.8 Å². The summed E-state index contributed by atoms with van der Waals surface area (Å²) in [5.74, 6) is 1.11. The topological polar surface area (TPSA) is 91.3 Å². The molecule has 2 N–H and O–H groups in total. The SMILES string of the molecule is COc1cccc(CN2CCNC(=O)[C@H]2CC(=O)N2CCC(O)CC2)c1OC. The number of aliphatic hydroxyl groups is 1. The molecule has 154 valence electrons. The molecule has 0 radical (unpaired) electrons. The van der Waals surface area contributed by atoms with Crippen LogP contribution in [0.15, 0.2) is 18.2 Å². The summed E-state index contributed by atoms with van der Waals surface area (Å²) in [6.07, 6.45) is 0.980. The number of carbonyl (C=O) groups is 2. The lowest BCUT2D eigenvalue weighted by Gasteiger charge is -2.37. The van der Waals surface area contributed by atoms with E-state index in [0.29, 0.717) is 57.1 Å². The van der Waals surface area contributed by atoms with Crippen molar-refractivity contribution >= 4 is 11.8 Å². The molecule has 2 fully saturated rings. The van der Waals surface area contributed by atoms with Crippen molar-refractivity contribution in [1.82, 2.24) is 15.1 Å². The Labute approximate surface area is 165 Å². The standard InChI is InChI=1S/C20H29N3O5/c1-27-17-5-3-4-14(19(17)28-2)13-23-11-8-21-20(26)16(23)12-18(25)22-9-6-15(24)7-10-22/h3-5,15-16,24H,6-13H2,1-2H3,(H,21,26)/t16-/m1/s1. The van der Waals surface area contributed by atoms with Crippen molar-refractivity contribution < 1.29 is 24.2 Å². The molecule has 1 aromatic rings. The van der Waals surface area contributed by atoms with Crippen LogP contribution in [0.3, 0.4) is 0 Å². The zero-order chi connectivity index (χ0) is 20.1. The Bertz CT molecular complexity index is 703. The highest BCUT2D eigenvalue weighted by atomic mass is 16.5. The Morgan fingerprint density at radius 1 is 1.21 bits per heavy atom. The normalized spacial score (nSPS) is 21.3. The second-order valence-corrected chi connectivity index (χ2v) is 7.25. The summed E-state index contributed by atoms with van der Waals surface area (Å²) in [7, 11) is 3.18. The number of nitrogens with zero attached hydrogens (tertiary/aromatic N) is 2. The molecule has 2 amide bonds. The third-order valence-electron chi connectivity index (χ3n) is 5.48. The van der Waals surface area contributed by atoms with Crippen molar-refractivity contribution in [2.75, 3.05) is 40.4 Å². The second-order valence-electron chi connectivity index (χ2n) is 7.25. The average molecular weight is 391 g/mol. The van der Waals surface area contributed by atoms with Crippen molar-refractivity contribution in [2.24, 2.45) is 0 Å². The number of benzene rings is 1. The molecule has 2 heterocycles. The van der Waals surface area contributed by atoms with Crippen molar-refractivity contribution in [3.63, 3.8) is 0 Å². The van der Waals surface area contributed by atoms with Crippen molar-refractivity contribution in [1.29, 1.82) is 0 Å². The van der Waals surface area contributed by atoms with Crippen LogP contribution in [0.5, 0.6) is 11.5 Å². The maximum absolute atomic E-state index is 12.7. The monoisotopic (exact) mass is 391 g/mol. The molecule has 8 nitrogen and oxygen atoms in total. The third-order valence-corrected chi connectivity index (χ3v) is 5.48. The largest absolute Gasteiger partial charge is 0.493 e. The molecule has 2 aliphatic heterocycles. The fraction of sp³-hybridized carbons (Fsp3) is 0.600. The summed E-state index contributed by atoms with van der Waals surface area (Å²) < 4.78 is 10.9. The van der Waals surface area contributed by atoms with E-state index in [1.54, 1.807) is 19.1 Å². The van der Waals surface area contributed by atoms with Gasteiger partial charge in [0, 0.05) is 38.3 Å². The minimum atomic E-state index is -0.524. The number of ether oxygens (including phenoxy) is 2. The lowest BCUT2D eigenvalue weighted by molar-refractivity contribution is -0.140. The summed E-state index contributed by atoms with van der Waals surface area (Å²) >= 11 is 0. The summed E-state index contributed by atoms with van der Waals surface area (Å²) in [5, 5.41) is 12.5. The number of hydrogen-bond donors (Lipinski definition) is 2. The summed E-state index contributed by atoms with van der Waals surface area (Å²) in [6, 6.07) is 5.14. The van der Waals surface area contributed by atoms with Crippen LogP contribution in [0, 0.1) is 0 Å². The van der Waals surface area contributed by atoms with Gasteiger partial charge in [0.2, 0.25) is 11.8 Å². The number of para-hydroxylation sites is 1. The van der Waals surface area contributed by atoms with Gasteiger partial charge in [-0.3, -0.25) is 14.5 Å². The van der Waals surface area contributed by atoms with Gasteiger partial charge in [0.15, 0.2) is 11.5 Å². The van der Waals surface area contributed by atoms with E-state index in [2.05, 4.69) is 5.32 Å². The molecular formula is C20H29N3O5. The number of likely N-dealkylation sites (tertiary alicyclic amines) is 1. The fourth-order valence-electron chi connectivity index (χ4n) is 3.88. The van der Waals surface area contributed by atoms with E-state index in [4.69, 9.17) is 9.47 Å². The minimum absolute atomic E-state index is 0.0449. The molecule has 0 aliphatic carbocycles. The Morgan fingerprint density at radius 3 is 2.64 bits per heavy atom. The van der Waals surface area contributed by atoms with Crippen LogP contribution >= 0.6 is 0 Å². The van der Waals surface area contributed by atoms with Gasteiger partial charge >= 0.3 is 0 Å². The first-order chi connectivity index (χ1) is 13.5. The first-order valence-electron chi connectivity index (χ1n) is 9.71. The summed E-state index contributed by atoms with van der Waals surface area (Å²) in [5.41, 5.74) is 0.912. The van der Waals surface area contributed by atoms with E-state index in [0.717, 1.165) is 5.56 Å². The number of piperidine rings is 1. The van der Waals surface area contributed by atoms with Crippen LogP contribution in [-0.4, -0.2) is 79.3 Å². The zero-order valence-electron chi connectivity index (χ0n) is 16.5. The van der Waals surface area contributed by atoms with Crippen LogP contribution in [0.2, 0.25) is 0 Å². The van der Waals surface area contributed by atoms with Gasteiger partial charge in [-0.15, -0.1) is 0 Å². The molecule has 28 heavy (non-hydrogen) atoms. The van der Waals surface area contributed by atoms with E-state index in [-0.39, 0.29) is 24.3 Å². The van der Waals surface area contributed by atoms with Crippen LogP contribution < -0.4 is 14.8 Å². The van der Waals surface area contributed by atoms with E-state index in [9.17, 15) is 14.7 Å². The summed E-state index contributed by atoms with van der Waals surface area (Å²) in [6.45, 7) is 2.77. The van der Waals surface area contributed by atoms with Crippen molar-refractivity contribution in [3.8, 4) is 11.5 Å². The number of rotatable bonds is 6. The zero-order valence-corrected chi connectivity index (χ0v) is 16.5. The molecule has 0 bridgehead atoms. The molecule has 1 aromatic carbocycles. The van der Waals surface area contributed by atoms with Crippen LogP contribution in [0.1, 0.15) is 24.8 Å². The van der Waals surface area contributed by atoms with Gasteiger partial charge in [-0.25, -0.2) is 0 Å². The Kier molecular flexibility index (Phi) is 6.74. The number of aliphatic hydroxyl groups excluding tert-OH is 1. The van der Waals surface area contributed by atoms with Gasteiger partial charge in [0.1, 0.15) is 0 Å². The van der Waals surface area contributed by atoms with Crippen molar-refractivity contribution in [2.45, 2.75) is 38.0 Å². The lowest BCUT2D eigenvalue weighted by Crippen LogP contribution is -2.56. The quantitative estimate of drug-likeness (QED) is 0.729. The average Bonchev–Trinajstić information content (AvgIpc) is 2.70. The van der Waals surface area contributed by atoms with Gasteiger partial charge < -0.3 is 24.8 Å². The Hall–Kier alpha value is -2.32. The van der Waals surface area contributed by atoms with Gasteiger partial charge in [-0.1, -0.05) is 12.1 Å². The molecule has 0 aromatic heterocycles. The maximum atomic E-state index is 12.7. The first kappa shape index (κ1) is 20.4. The molecule has 2 aliphatic rings. The van der Waals surface area contributed by atoms with E-state index in [1.165, 1.54) is 0 Å². The molecule has 8 heteroatoms. The molecule has 0 unspecified atom stereocenters. The number of methoxy groups -OCH3 is 2. The first-order valence-corrected chi connectivity index (χ1v) is 9.71. The van der Waals surface area contributed by atoms with Gasteiger partial charge in [0.25, 0.3) is 0 Å². The predicted molar refractivity (Wildman–Crippen MR) is 103 cm³/mol. The van der Waals surface area contributed by atoms with Crippen LogP contribution in [0.4, 0.5) is 0 Å². The summed E-state index contributed by atoms with van der Waals surface area (Å²) in [4.78, 5) is 29.0. The van der Waals surface area contributed by atoms with Crippen LogP contribution in [-0.2, 0) is 16.1 Å². The number of amides is 2. The Balaban J connectivity index is 1.72.